The second kappa shape index (κ2) is 5.47. The van der Waals surface area contributed by atoms with Gasteiger partial charge in [0.1, 0.15) is 5.82 Å². The van der Waals surface area contributed by atoms with E-state index in [-0.39, 0.29) is 0 Å². The first kappa shape index (κ1) is 12.3. The van der Waals surface area contributed by atoms with Crippen LogP contribution in [-0.2, 0) is 6.54 Å². The van der Waals surface area contributed by atoms with Gasteiger partial charge in [0.2, 0.25) is 0 Å². The van der Waals surface area contributed by atoms with Crippen molar-refractivity contribution >= 4 is 28.8 Å². The van der Waals surface area contributed by atoms with Crippen LogP contribution in [0.2, 0.25) is 4.47 Å². The van der Waals surface area contributed by atoms with Gasteiger partial charge in [-0.3, -0.25) is 0 Å². The summed E-state index contributed by atoms with van der Waals surface area (Å²) >= 11 is 7.35. The molecule has 0 atom stereocenters. The number of hydrogen-bond donors (Lipinski definition) is 0. The number of pyridine rings is 1. The topological polar surface area (TPSA) is 29.0 Å². The van der Waals surface area contributed by atoms with Gasteiger partial charge in [-0.1, -0.05) is 17.7 Å². The van der Waals surface area contributed by atoms with Crippen LogP contribution in [-0.4, -0.2) is 16.5 Å². The van der Waals surface area contributed by atoms with Crippen LogP contribution in [0.1, 0.15) is 17.4 Å². The average molecular weight is 268 g/mol. The van der Waals surface area contributed by atoms with Gasteiger partial charge < -0.3 is 4.90 Å². The number of rotatable bonds is 4. The van der Waals surface area contributed by atoms with Crippen molar-refractivity contribution < 1.29 is 0 Å². The van der Waals surface area contributed by atoms with Crippen molar-refractivity contribution in [2.24, 2.45) is 0 Å². The summed E-state index contributed by atoms with van der Waals surface area (Å²) in [7, 11) is 0. The average Bonchev–Trinajstić information content (AvgIpc) is 2.73. The Bertz CT molecular complexity index is 498. The first-order valence-electron chi connectivity index (χ1n) is 5.47. The fourth-order valence-electron chi connectivity index (χ4n) is 1.69. The van der Waals surface area contributed by atoms with Crippen molar-refractivity contribution in [2.45, 2.75) is 20.4 Å². The molecule has 0 amide bonds. The second-order valence-corrected chi connectivity index (χ2v) is 5.43. The smallest absolute Gasteiger partial charge is 0.183 e. The molecule has 0 spiro atoms. The van der Waals surface area contributed by atoms with E-state index in [4.69, 9.17) is 11.6 Å². The van der Waals surface area contributed by atoms with Gasteiger partial charge in [-0.05, 0) is 25.5 Å². The van der Waals surface area contributed by atoms with Crippen molar-refractivity contribution in [1.29, 1.82) is 0 Å². The maximum absolute atomic E-state index is 5.84. The molecule has 0 N–H and O–H groups in total. The van der Waals surface area contributed by atoms with Crippen LogP contribution in [0.15, 0.2) is 24.5 Å². The van der Waals surface area contributed by atoms with Crippen molar-refractivity contribution in [3.8, 4) is 0 Å². The minimum atomic E-state index is 0.591. The van der Waals surface area contributed by atoms with Crippen molar-refractivity contribution in [3.05, 3.63) is 39.4 Å². The molecule has 0 aromatic carbocycles. The minimum absolute atomic E-state index is 0.591. The summed E-state index contributed by atoms with van der Waals surface area (Å²) in [6, 6.07) is 4.03. The highest BCUT2D eigenvalue weighted by atomic mass is 35.5. The van der Waals surface area contributed by atoms with E-state index >= 15 is 0 Å². The van der Waals surface area contributed by atoms with Crippen molar-refractivity contribution in [2.75, 3.05) is 11.4 Å². The van der Waals surface area contributed by atoms with E-state index in [9.17, 15) is 0 Å². The Morgan fingerprint density at radius 3 is 2.82 bits per heavy atom. The van der Waals surface area contributed by atoms with Gasteiger partial charge in [0.15, 0.2) is 4.47 Å². The first-order valence-corrected chi connectivity index (χ1v) is 6.67. The Kier molecular flexibility index (Phi) is 3.97. The summed E-state index contributed by atoms with van der Waals surface area (Å²) in [5, 5.41) is 0. The third kappa shape index (κ3) is 2.96. The van der Waals surface area contributed by atoms with Crippen LogP contribution in [0.25, 0.3) is 0 Å². The molecule has 0 aliphatic carbocycles. The Balaban J connectivity index is 2.20. The van der Waals surface area contributed by atoms with Gasteiger partial charge in [0, 0.05) is 23.8 Å². The number of aromatic nitrogens is 2. The predicted molar refractivity (Wildman–Crippen MR) is 72.8 cm³/mol. The molecule has 0 aliphatic heterocycles. The predicted octanol–water partition coefficient (Wildman–Crippen LogP) is 3.53. The molecule has 0 saturated carbocycles. The molecule has 0 unspecified atom stereocenters. The summed E-state index contributed by atoms with van der Waals surface area (Å²) in [6.45, 7) is 5.91. The summed E-state index contributed by atoms with van der Waals surface area (Å²) < 4.78 is 0.591. The highest BCUT2D eigenvalue weighted by Crippen LogP contribution is 2.23. The number of hydrogen-bond acceptors (Lipinski definition) is 4. The Labute approximate surface area is 110 Å². The maximum Gasteiger partial charge on any atom is 0.183 e. The van der Waals surface area contributed by atoms with Gasteiger partial charge >= 0.3 is 0 Å². The van der Waals surface area contributed by atoms with Gasteiger partial charge in [-0.25, -0.2) is 9.97 Å². The van der Waals surface area contributed by atoms with Gasteiger partial charge in [-0.2, -0.15) is 0 Å². The Morgan fingerprint density at radius 2 is 2.24 bits per heavy atom. The molecule has 2 aromatic heterocycles. The maximum atomic E-state index is 5.84. The van der Waals surface area contributed by atoms with E-state index in [1.165, 1.54) is 16.9 Å². The lowest BCUT2D eigenvalue weighted by molar-refractivity contribution is 0.817. The number of nitrogens with zero attached hydrogens (tertiary/aromatic N) is 3. The van der Waals surface area contributed by atoms with Crippen LogP contribution in [0.4, 0.5) is 5.82 Å². The molecule has 2 heterocycles. The third-order valence-electron chi connectivity index (χ3n) is 2.54. The zero-order chi connectivity index (χ0) is 12.3. The standard InChI is InChI=1S/C12H14ClN3S/c1-3-16(8-10-7-15-12(13)17-10)11-9(2)5-4-6-14-11/h4-7H,3,8H2,1-2H3. The molecular weight excluding hydrogens is 254 g/mol. The monoisotopic (exact) mass is 267 g/mol. The molecule has 0 fully saturated rings. The Hall–Kier alpha value is -1.13. The molecular formula is C12H14ClN3S. The highest BCUT2D eigenvalue weighted by Gasteiger charge is 2.10. The van der Waals surface area contributed by atoms with Crippen LogP contribution in [0.5, 0.6) is 0 Å². The van der Waals surface area contributed by atoms with E-state index in [1.54, 1.807) is 0 Å². The van der Waals surface area contributed by atoms with Gasteiger partial charge in [-0.15, -0.1) is 11.3 Å². The molecule has 2 rings (SSSR count). The minimum Gasteiger partial charge on any atom is -0.351 e. The molecule has 17 heavy (non-hydrogen) atoms. The second-order valence-electron chi connectivity index (χ2n) is 3.74. The zero-order valence-electron chi connectivity index (χ0n) is 9.85. The van der Waals surface area contributed by atoms with Crippen molar-refractivity contribution in [1.82, 2.24) is 9.97 Å². The van der Waals surface area contributed by atoms with Crippen molar-refractivity contribution in [3.63, 3.8) is 0 Å². The van der Waals surface area contributed by atoms with Gasteiger partial charge in [0.25, 0.3) is 0 Å². The largest absolute Gasteiger partial charge is 0.351 e. The van der Waals surface area contributed by atoms with Crippen LogP contribution >= 0.6 is 22.9 Å². The van der Waals surface area contributed by atoms with Gasteiger partial charge in [0.05, 0.1) is 6.54 Å². The number of anilines is 1. The number of aryl methyl sites for hydroxylation is 1. The third-order valence-corrected chi connectivity index (χ3v) is 3.63. The lowest BCUT2D eigenvalue weighted by Gasteiger charge is -2.22. The number of thiazole rings is 1. The van der Waals surface area contributed by atoms with E-state index in [0.717, 1.165) is 23.8 Å². The molecule has 2 aromatic rings. The summed E-state index contributed by atoms with van der Waals surface area (Å²) in [6.07, 6.45) is 3.65. The molecule has 90 valence electrons. The van der Waals surface area contributed by atoms with Crippen LogP contribution in [0.3, 0.4) is 0 Å². The lowest BCUT2D eigenvalue weighted by atomic mass is 10.2. The van der Waals surface area contributed by atoms with E-state index in [1.807, 2.05) is 18.5 Å². The fraction of sp³-hybridized carbons (Fsp3) is 0.333. The highest BCUT2D eigenvalue weighted by molar-refractivity contribution is 7.15. The molecule has 0 aliphatic rings. The first-order chi connectivity index (χ1) is 8.20. The Morgan fingerprint density at radius 1 is 1.41 bits per heavy atom. The molecule has 0 saturated heterocycles. The quantitative estimate of drug-likeness (QED) is 0.849. The molecule has 3 nitrogen and oxygen atoms in total. The SMILES string of the molecule is CCN(Cc1cnc(Cl)s1)c1ncccc1C. The molecule has 0 bridgehead atoms. The zero-order valence-corrected chi connectivity index (χ0v) is 11.4. The normalized spacial score (nSPS) is 10.5. The van der Waals surface area contributed by atoms with E-state index in [0.29, 0.717) is 4.47 Å². The molecule has 5 heteroatoms. The van der Waals surface area contributed by atoms with Crippen LogP contribution < -0.4 is 4.90 Å². The van der Waals surface area contributed by atoms with E-state index < -0.39 is 0 Å². The summed E-state index contributed by atoms with van der Waals surface area (Å²) in [5.74, 6) is 1.03. The van der Waals surface area contributed by atoms with E-state index in [2.05, 4.69) is 34.8 Å². The summed E-state index contributed by atoms with van der Waals surface area (Å²) in [5.41, 5.74) is 1.19. The molecule has 0 radical (unpaired) electrons. The lowest BCUT2D eigenvalue weighted by Crippen LogP contribution is -2.23. The van der Waals surface area contributed by atoms with Crippen LogP contribution in [0, 0.1) is 6.92 Å². The number of halogens is 1. The summed E-state index contributed by atoms with van der Waals surface area (Å²) in [4.78, 5) is 11.9. The fourth-order valence-corrected chi connectivity index (χ4v) is 2.68.